The van der Waals surface area contributed by atoms with Crippen molar-refractivity contribution in [1.29, 1.82) is 0 Å². The number of rotatable bonds is 16. The smallest absolute Gasteiger partial charge is 0.330 e. The van der Waals surface area contributed by atoms with E-state index in [2.05, 4.69) is 0 Å². The topological polar surface area (TPSA) is 470 Å². The number of aryl methyl sites for hydroxylation is 3. The van der Waals surface area contributed by atoms with Gasteiger partial charge in [-0.25, -0.2) is 5.06 Å². The van der Waals surface area contributed by atoms with E-state index in [1.807, 2.05) is 0 Å². The largest absolute Gasteiger partial charge is 0.504 e. The fraction of sp³-hybridized carbons (Fsp3) is 0.278. The Morgan fingerprint density at radius 2 is 0.923 bits per heavy atom. The van der Waals surface area contributed by atoms with Gasteiger partial charge >= 0.3 is 36.4 Å². The molecule has 0 bridgehead atoms. The highest BCUT2D eigenvalue weighted by Crippen LogP contribution is 2.43. The minimum atomic E-state index is -4.21. The van der Waals surface area contributed by atoms with Gasteiger partial charge in [0.25, 0.3) is 0 Å². The Morgan fingerprint density at radius 3 is 1.32 bits per heavy atom. The molecule has 25 nitrogen and oxygen atoms in total. The van der Waals surface area contributed by atoms with E-state index in [1.54, 1.807) is 6.07 Å². The molecule has 0 atom stereocenters. The SMILES string of the molecule is O=C(O)CCc1ccc(O)c(O)c1.O=CN(O)CCCP(=O)(O)O.O=P(O)(O)CCc1ccc(O)c(O)c1.O=P(O)(O)CCc1cccc(O)c1O.O=P(O)(O)Cc1cccc(O)c1O. The maximum atomic E-state index is 10.6. The molecule has 0 fully saturated rings. The number of para-hydroxylation sites is 2. The number of aliphatic carboxylic acids is 1. The van der Waals surface area contributed by atoms with Gasteiger partial charge in [-0.3, -0.25) is 33.1 Å². The summed E-state index contributed by atoms with van der Waals surface area (Å²) in [7, 11) is -16.3. The lowest BCUT2D eigenvalue weighted by Crippen LogP contribution is -2.18. The molecule has 18 N–H and O–H groups in total. The van der Waals surface area contributed by atoms with E-state index >= 15 is 0 Å². The molecular formula is C36H51NO24P4. The monoisotopic (exact) mass is 1010 g/mol. The van der Waals surface area contributed by atoms with Crippen LogP contribution in [-0.2, 0) is 53.3 Å². The van der Waals surface area contributed by atoms with Gasteiger partial charge in [0.2, 0.25) is 6.41 Å². The fourth-order valence-corrected chi connectivity index (χ4v) is 6.77. The van der Waals surface area contributed by atoms with Gasteiger partial charge in [-0.05, 0) is 78.8 Å². The maximum absolute atomic E-state index is 10.6. The summed E-state index contributed by atoms with van der Waals surface area (Å²) < 4.78 is 41.9. The predicted octanol–water partition coefficient (Wildman–Crippen LogP) is 2.93. The number of nitrogens with zero attached hydrogens (tertiary/aromatic N) is 1. The normalized spacial score (nSPS) is 11.2. The third kappa shape index (κ3) is 29.8. The zero-order chi connectivity index (χ0) is 50.3. The first-order chi connectivity index (χ1) is 29.7. The van der Waals surface area contributed by atoms with Crippen molar-refractivity contribution < 1.29 is 118 Å². The summed E-state index contributed by atoms with van der Waals surface area (Å²) in [6, 6.07) is 16.6. The third-order valence-corrected chi connectivity index (χ3v) is 10.9. The number of phenolic OH excluding ortho intramolecular Hbond substituents is 8. The van der Waals surface area contributed by atoms with Gasteiger partial charge in [-0.1, -0.05) is 36.4 Å². The van der Waals surface area contributed by atoms with Crippen LogP contribution in [0.4, 0.5) is 0 Å². The summed E-state index contributed by atoms with van der Waals surface area (Å²) in [4.78, 5) is 88.2. The van der Waals surface area contributed by atoms with Crippen LogP contribution in [0.1, 0.15) is 35.1 Å². The molecule has 1 amide bonds. The van der Waals surface area contributed by atoms with Crippen LogP contribution in [0.25, 0.3) is 0 Å². The fourth-order valence-electron chi connectivity index (χ4n) is 4.44. The van der Waals surface area contributed by atoms with Crippen molar-refractivity contribution in [3.05, 3.63) is 95.1 Å². The average molecular weight is 1010 g/mol. The summed E-state index contributed by atoms with van der Waals surface area (Å²) in [6.07, 6.45) is -0.679. The number of carboxylic acid groups (broad SMARTS) is 1. The molecule has 0 spiro atoms. The van der Waals surface area contributed by atoms with Crippen LogP contribution < -0.4 is 0 Å². The van der Waals surface area contributed by atoms with Crippen LogP contribution in [0.5, 0.6) is 46.0 Å². The van der Waals surface area contributed by atoms with E-state index in [4.69, 9.17) is 85.2 Å². The Labute approximate surface area is 369 Å². The van der Waals surface area contributed by atoms with E-state index in [1.165, 1.54) is 66.7 Å². The van der Waals surface area contributed by atoms with Gasteiger partial charge in [0, 0.05) is 18.5 Å². The average Bonchev–Trinajstić information content (AvgIpc) is 3.17. The van der Waals surface area contributed by atoms with Gasteiger partial charge in [0.1, 0.15) is 0 Å². The number of phenols is 8. The maximum Gasteiger partial charge on any atom is 0.330 e. The van der Waals surface area contributed by atoms with Gasteiger partial charge in [-0.2, -0.15) is 0 Å². The molecule has 0 saturated carbocycles. The van der Waals surface area contributed by atoms with Crippen molar-refractivity contribution in [1.82, 2.24) is 5.06 Å². The van der Waals surface area contributed by atoms with Crippen molar-refractivity contribution in [2.24, 2.45) is 0 Å². The highest BCUT2D eigenvalue weighted by molar-refractivity contribution is 7.52. The molecule has 4 aromatic carbocycles. The van der Waals surface area contributed by atoms with Crippen LogP contribution in [0.2, 0.25) is 0 Å². The molecule has 0 saturated heterocycles. The van der Waals surface area contributed by atoms with Crippen LogP contribution in [0.3, 0.4) is 0 Å². The Hall–Kier alpha value is -5.22. The first kappa shape index (κ1) is 59.8. The van der Waals surface area contributed by atoms with E-state index in [-0.39, 0.29) is 103 Å². The lowest BCUT2D eigenvalue weighted by molar-refractivity contribution is -0.149. The van der Waals surface area contributed by atoms with Crippen molar-refractivity contribution in [3.8, 4) is 46.0 Å². The first-order valence-corrected chi connectivity index (χ1v) is 25.2. The number of carbonyl (C=O) groups excluding carboxylic acids is 1. The van der Waals surface area contributed by atoms with E-state index < -0.39 is 48.3 Å². The summed E-state index contributed by atoms with van der Waals surface area (Å²) in [5.41, 5.74) is 1.63. The second-order valence-electron chi connectivity index (χ2n) is 13.2. The Morgan fingerprint density at radius 1 is 0.508 bits per heavy atom. The quantitative estimate of drug-likeness (QED) is 0.0252. The second kappa shape index (κ2) is 28.0. The molecule has 4 aromatic rings. The standard InChI is InChI=1S/C9H10O4.2C8H11O5P.C7H9O5P.C4H10NO5P/c10-7-3-1-6(5-8(7)11)2-4-9(12)13;9-7-2-1-6(5-8(7)10)3-4-14(11,12)13;9-7-3-1-2-6(8(7)10)4-5-14(11,12)13;8-6-3-1-2-5(7(6)9)4-13(10,11)12;6-4-5(7)2-1-3-11(8,9)10/h1,3,5,10-11H,2,4H2,(H,12,13);1-2,5,9-10H,3-4H2,(H2,11,12,13);1-3,9-10H,4-5H2,(H2,11,12,13);1-3,8-9H,4H2,(H2,10,11,12);4,7H,1-3H2,(H2,8,9,10). The minimum Gasteiger partial charge on any atom is -0.504 e. The molecule has 0 aliphatic carbocycles. The number of carboxylic acids is 1. The van der Waals surface area contributed by atoms with E-state index in [0.29, 0.717) is 28.2 Å². The molecule has 4 rings (SSSR count). The number of hydrogen-bond acceptors (Lipinski definition) is 15. The summed E-state index contributed by atoms with van der Waals surface area (Å²) >= 11 is 0. The van der Waals surface area contributed by atoms with Gasteiger partial charge in [0.05, 0.1) is 24.6 Å². The van der Waals surface area contributed by atoms with Crippen LogP contribution in [0, 0.1) is 0 Å². The molecule has 0 aliphatic rings. The lowest BCUT2D eigenvalue weighted by Gasteiger charge is -2.07. The Bertz CT molecular complexity index is 2320. The van der Waals surface area contributed by atoms with Crippen LogP contribution in [-0.4, -0.2) is 133 Å². The lowest BCUT2D eigenvalue weighted by atomic mass is 10.1. The van der Waals surface area contributed by atoms with E-state index in [0.717, 1.165) is 0 Å². The van der Waals surface area contributed by atoms with Crippen molar-refractivity contribution in [2.45, 2.75) is 38.3 Å². The summed E-state index contributed by atoms with van der Waals surface area (Å²) in [6.45, 7) is -0.0609. The highest BCUT2D eigenvalue weighted by Gasteiger charge is 2.18. The second-order valence-corrected chi connectivity index (χ2v) is 20.2. The highest BCUT2D eigenvalue weighted by atomic mass is 31.2. The molecule has 0 aliphatic heterocycles. The van der Waals surface area contributed by atoms with Crippen molar-refractivity contribution in [2.75, 3.05) is 25.0 Å². The van der Waals surface area contributed by atoms with Crippen LogP contribution in [0.15, 0.2) is 72.8 Å². The molecule has 0 aromatic heterocycles. The molecule has 364 valence electrons. The molecule has 0 unspecified atom stereocenters. The predicted molar refractivity (Wildman–Crippen MR) is 228 cm³/mol. The van der Waals surface area contributed by atoms with Gasteiger partial charge in [-0.15, -0.1) is 0 Å². The Kier molecular flexibility index (Phi) is 25.7. The van der Waals surface area contributed by atoms with Crippen molar-refractivity contribution >= 4 is 42.8 Å². The molecule has 0 radical (unpaired) electrons. The Balaban J connectivity index is 0.000000790. The first-order valence-electron chi connectivity index (χ1n) is 18.1. The number of amides is 1. The van der Waals surface area contributed by atoms with Gasteiger partial charge < -0.3 is 85.1 Å². The minimum absolute atomic E-state index is 0.0181. The molecule has 29 heteroatoms. The molecular weight excluding hydrogens is 954 g/mol. The van der Waals surface area contributed by atoms with Crippen LogP contribution >= 0.6 is 30.4 Å². The molecule has 65 heavy (non-hydrogen) atoms. The van der Waals surface area contributed by atoms with E-state index in [9.17, 15) is 33.0 Å². The number of benzene rings is 4. The van der Waals surface area contributed by atoms with Gasteiger partial charge in [0.15, 0.2) is 46.0 Å². The molecule has 0 heterocycles. The number of aromatic hydroxyl groups is 8. The zero-order valence-corrected chi connectivity index (χ0v) is 37.4. The summed E-state index contributed by atoms with van der Waals surface area (Å²) in [5, 5.41) is 89.8. The number of carbonyl (C=O) groups is 2. The number of hydroxylamine groups is 2. The number of hydrogen-bond donors (Lipinski definition) is 18. The van der Waals surface area contributed by atoms with Crippen molar-refractivity contribution in [3.63, 3.8) is 0 Å². The third-order valence-electron chi connectivity index (χ3n) is 7.60. The zero-order valence-electron chi connectivity index (χ0n) is 33.8. The summed E-state index contributed by atoms with van der Waals surface area (Å²) in [5.74, 6) is -3.29.